The molecule has 1 aliphatic carbocycles. The van der Waals surface area contributed by atoms with Crippen molar-refractivity contribution >= 4 is 16.9 Å². The number of para-hydroxylation sites is 3. The maximum absolute atomic E-state index is 12.4. The smallest absolute Gasteiger partial charge is 0.223 e. The highest BCUT2D eigenvalue weighted by Gasteiger charge is 2.20. The van der Waals surface area contributed by atoms with E-state index in [2.05, 4.69) is 66.2 Å². The summed E-state index contributed by atoms with van der Waals surface area (Å²) in [5.74, 6) is 3.06. The molecule has 188 valence electrons. The van der Waals surface area contributed by atoms with Gasteiger partial charge < -0.3 is 14.6 Å². The highest BCUT2D eigenvalue weighted by atomic mass is 16.5. The number of hydrogen-bond acceptors (Lipinski definition) is 3. The molecule has 3 aromatic rings. The molecule has 1 N–H and O–H groups in total. The van der Waals surface area contributed by atoms with Crippen molar-refractivity contribution < 1.29 is 9.53 Å². The van der Waals surface area contributed by atoms with Crippen molar-refractivity contribution in [2.24, 2.45) is 5.92 Å². The topological polar surface area (TPSA) is 56.1 Å². The molecule has 1 fully saturated rings. The number of carbonyl (C=O) groups is 1. The highest BCUT2D eigenvalue weighted by molar-refractivity contribution is 5.78. The summed E-state index contributed by atoms with van der Waals surface area (Å²) in [6, 6.07) is 16.8. The lowest BCUT2D eigenvalue weighted by Crippen LogP contribution is -2.32. The number of benzene rings is 2. The Kier molecular flexibility index (Phi) is 9.21. The molecule has 1 saturated carbocycles. The second-order valence-corrected chi connectivity index (χ2v) is 9.95. The number of nitrogens with one attached hydrogen (secondary N) is 1. The molecule has 5 nitrogen and oxygen atoms in total. The highest BCUT2D eigenvalue weighted by Crippen LogP contribution is 2.28. The van der Waals surface area contributed by atoms with Crippen LogP contribution in [0.5, 0.6) is 5.75 Å². The second kappa shape index (κ2) is 12.8. The molecular weight excluding hydrogens is 434 g/mol. The van der Waals surface area contributed by atoms with Gasteiger partial charge in [-0.15, -0.1) is 0 Å². The minimum Gasteiger partial charge on any atom is -0.493 e. The van der Waals surface area contributed by atoms with E-state index in [-0.39, 0.29) is 11.8 Å². The number of aryl methyl sites for hydroxylation is 2. The van der Waals surface area contributed by atoms with E-state index in [9.17, 15) is 4.79 Å². The Morgan fingerprint density at radius 1 is 1.09 bits per heavy atom. The van der Waals surface area contributed by atoms with Crippen molar-refractivity contribution in [2.45, 2.75) is 84.1 Å². The van der Waals surface area contributed by atoms with E-state index >= 15 is 0 Å². The first-order valence-corrected chi connectivity index (χ1v) is 13.6. The van der Waals surface area contributed by atoms with Crippen LogP contribution in [-0.2, 0) is 17.8 Å². The van der Waals surface area contributed by atoms with E-state index < -0.39 is 0 Å². The summed E-state index contributed by atoms with van der Waals surface area (Å²) < 4.78 is 8.55. The largest absolute Gasteiger partial charge is 0.493 e. The van der Waals surface area contributed by atoms with Crippen molar-refractivity contribution in [3.8, 4) is 5.75 Å². The summed E-state index contributed by atoms with van der Waals surface area (Å²) in [6.45, 7) is 6.74. The third-order valence-electron chi connectivity index (χ3n) is 7.43. The molecule has 0 spiro atoms. The quantitative estimate of drug-likeness (QED) is 0.298. The van der Waals surface area contributed by atoms with Gasteiger partial charge in [0.25, 0.3) is 0 Å². The lowest BCUT2D eigenvalue weighted by Gasteiger charge is -2.20. The summed E-state index contributed by atoms with van der Waals surface area (Å²) in [7, 11) is 0. The molecule has 0 bridgehead atoms. The normalized spacial score (nSPS) is 15.3. The Labute approximate surface area is 210 Å². The molecule has 1 atom stereocenters. The zero-order valence-electron chi connectivity index (χ0n) is 21.5. The van der Waals surface area contributed by atoms with Crippen LogP contribution in [0.2, 0.25) is 0 Å². The third kappa shape index (κ3) is 6.65. The summed E-state index contributed by atoms with van der Waals surface area (Å²) in [5, 5.41) is 3.17. The zero-order chi connectivity index (χ0) is 24.5. The fraction of sp³-hybridized carbons (Fsp3) is 0.533. The average Bonchev–Trinajstić information content (AvgIpc) is 3.26. The Hall–Kier alpha value is -2.82. The number of amides is 1. The number of carbonyl (C=O) groups excluding carboxylic acids is 1. The van der Waals surface area contributed by atoms with Crippen LogP contribution in [0.25, 0.3) is 11.0 Å². The first kappa shape index (κ1) is 25.3. The molecule has 0 saturated heterocycles. The molecule has 35 heavy (non-hydrogen) atoms. The fourth-order valence-corrected chi connectivity index (χ4v) is 5.18. The van der Waals surface area contributed by atoms with Crippen molar-refractivity contribution in [1.82, 2.24) is 14.9 Å². The number of aromatic nitrogens is 2. The minimum absolute atomic E-state index is 0.221. The van der Waals surface area contributed by atoms with E-state index in [1.165, 1.54) is 30.3 Å². The van der Waals surface area contributed by atoms with Crippen LogP contribution in [0.1, 0.15) is 82.5 Å². The van der Waals surface area contributed by atoms with Crippen molar-refractivity contribution in [1.29, 1.82) is 0 Å². The predicted octanol–water partition coefficient (Wildman–Crippen LogP) is 6.65. The number of hydrogen-bond donors (Lipinski definition) is 1. The number of imidazole rings is 1. The van der Waals surface area contributed by atoms with Gasteiger partial charge in [-0.1, -0.05) is 63.4 Å². The molecule has 5 heteroatoms. The molecule has 0 radical (unpaired) electrons. The number of nitrogens with zero attached hydrogens (tertiary/aromatic N) is 2. The van der Waals surface area contributed by atoms with Crippen molar-refractivity contribution in [3.05, 3.63) is 59.9 Å². The summed E-state index contributed by atoms with van der Waals surface area (Å²) in [4.78, 5) is 17.4. The molecule has 1 unspecified atom stereocenters. The fourth-order valence-electron chi connectivity index (χ4n) is 5.18. The lowest BCUT2D eigenvalue weighted by atomic mass is 9.89. The minimum atomic E-state index is 0.221. The maximum Gasteiger partial charge on any atom is 0.223 e. The van der Waals surface area contributed by atoms with Crippen LogP contribution in [0.15, 0.2) is 48.5 Å². The van der Waals surface area contributed by atoms with Gasteiger partial charge in [0.1, 0.15) is 11.6 Å². The average molecular weight is 476 g/mol. The molecule has 1 aliphatic rings. The van der Waals surface area contributed by atoms with E-state index in [1.807, 2.05) is 6.07 Å². The molecule has 1 amide bonds. The van der Waals surface area contributed by atoms with Gasteiger partial charge >= 0.3 is 0 Å². The summed E-state index contributed by atoms with van der Waals surface area (Å²) in [6.07, 6.45) is 9.53. The lowest BCUT2D eigenvalue weighted by molar-refractivity contribution is -0.125. The van der Waals surface area contributed by atoms with Crippen LogP contribution in [0.4, 0.5) is 0 Å². The second-order valence-electron chi connectivity index (χ2n) is 9.95. The standard InChI is InChI=1S/C30H41N3O2/c1-3-23(2)25-15-7-10-18-28(25)35-22-12-21-33-27-17-9-8-16-26(27)32-29(33)19-11-20-31-30(34)24-13-5-4-6-14-24/h7-10,15-18,23-24H,3-6,11-14,19-22H2,1-2H3,(H,31,34). The molecule has 1 aromatic heterocycles. The number of fused-ring (bicyclic) bond motifs is 1. The zero-order valence-corrected chi connectivity index (χ0v) is 21.5. The van der Waals surface area contributed by atoms with Gasteiger partial charge in [0.05, 0.1) is 17.6 Å². The monoisotopic (exact) mass is 475 g/mol. The SMILES string of the molecule is CCC(C)c1ccccc1OCCCn1c(CCCNC(=O)C2CCCCC2)nc2ccccc21. The van der Waals surface area contributed by atoms with Gasteiger partial charge in [-0.05, 0) is 61.8 Å². The molecule has 2 aromatic carbocycles. The van der Waals surface area contributed by atoms with Gasteiger partial charge in [-0.2, -0.15) is 0 Å². The Balaban J connectivity index is 1.32. The van der Waals surface area contributed by atoms with Crippen molar-refractivity contribution in [2.75, 3.05) is 13.2 Å². The van der Waals surface area contributed by atoms with Crippen LogP contribution in [0.3, 0.4) is 0 Å². The molecular formula is C30H41N3O2. The Bertz CT molecular complexity index is 1080. The summed E-state index contributed by atoms with van der Waals surface area (Å²) in [5.41, 5.74) is 3.50. The van der Waals surface area contributed by atoms with Gasteiger partial charge in [0, 0.05) is 25.4 Å². The maximum atomic E-state index is 12.4. The predicted molar refractivity (Wildman–Crippen MR) is 143 cm³/mol. The number of rotatable bonds is 12. The molecule has 0 aliphatic heterocycles. The van der Waals surface area contributed by atoms with E-state index in [4.69, 9.17) is 9.72 Å². The van der Waals surface area contributed by atoms with Crippen LogP contribution >= 0.6 is 0 Å². The van der Waals surface area contributed by atoms with Gasteiger partial charge in [-0.25, -0.2) is 4.98 Å². The van der Waals surface area contributed by atoms with Gasteiger partial charge in [0.15, 0.2) is 0 Å². The first-order valence-electron chi connectivity index (χ1n) is 13.6. The van der Waals surface area contributed by atoms with Crippen LogP contribution in [0, 0.1) is 5.92 Å². The van der Waals surface area contributed by atoms with Crippen LogP contribution in [-0.4, -0.2) is 28.6 Å². The Morgan fingerprint density at radius 2 is 1.86 bits per heavy atom. The number of ether oxygens (including phenoxy) is 1. The van der Waals surface area contributed by atoms with E-state index in [0.29, 0.717) is 19.1 Å². The van der Waals surface area contributed by atoms with E-state index in [1.54, 1.807) is 0 Å². The summed E-state index contributed by atoms with van der Waals surface area (Å²) >= 11 is 0. The molecule has 4 rings (SSSR count). The van der Waals surface area contributed by atoms with E-state index in [0.717, 1.165) is 62.2 Å². The molecule has 1 heterocycles. The first-order chi connectivity index (χ1) is 17.2. The Morgan fingerprint density at radius 3 is 2.69 bits per heavy atom. The van der Waals surface area contributed by atoms with Gasteiger partial charge in [-0.3, -0.25) is 4.79 Å². The van der Waals surface area contributed by atoms with Crippen molar-refractivity contribution in [3.63, 3.8) is 0 Å². The third-order valence-corrected chi connectivity index (χ3v) is 7.43. The van der Waals surface area contributed by atoms with Crippen LogP contribution < -0.4 is 10.1 Å². The van der Waals surface area contributed by atoms with Gasteiger partial charge in [0.2, 0.25) is 5.91 Å².